The Bertz CT molecular complexity index is 2120. The maximum atomic E-state index is 14.0. The Labute approximate surface area is 293 Å². The number of anilines is 2. The topological polar surface area (TPSA) is 114 Å². The van der Waals surface area contributed by atoms with E-state index >= 15 is 0 Å². The number of likely N-dealkylation sites (tertiary alicyclic amines) is 1. The highest BCUT2D eigenvalue weighted by atomic mass is 19.4. The van der Waals surface area contributed by atoms with Crippen LogP contribution in [0.1, 0.15) is 55.6 Å². The minimum absolute atomic E-state index is 0.0420. The Balaban J connectivity index is 1.20. The highest BCUT2D eigenvalue weighted by Crippen LogP contribution is 2.55. The van der Waals surface area contributed by atoms with Gasteiger partial charge in [-0.15, -0.1) is 0 Å². The molecule has 2 aliphatic carbocycles. The first-order valence-electron chi connectivity index (χ1n) is 17.8. The van der Waals surface area contributed by atoms with E-state index in [-0.39, 0.29) is 34.3 Å². The van der Waals surface area contributed by atoms with Crippen molar-refractivity contribution < 1.29 is 22.7 Å². The average Bonchev–Trinajstić information content (AvgIpc) is 3.80. The molecule has 0 bridgehead atoms. The predicted molar refractivity (Wildman–Crippen MR) is 187 cm³/mol. The molecule has 2 saturated carbocycles. The monoisotopic (exact) mass is 696 g/mol. The predicted octanol–water partition coefficient (Wildman–Crippen LogP) is 6.65. The molecule has 0 atom stereocenters. The number of alkyl halides is 3. The van der Waals surface area contributed by atoms with Crippen molar-refractivity contribution >= 4 is 39.5 Å². The Hall–Kier alpha value is -4.86. The number of hydrogen-bond donors (Lipinski definition) is 1. The summed E-state index contributed by atoms with van der Waals surface area (Å²) < 4.78 is 48.0. The number of rotatable bonds is 7. The number of amides is 1. The van der Waals surface area contributed by atoms with Crippen molar-refractivity contribution in [2.24, 2.45) is 16.7 Å². The van der Waals surface area contributed by atoms with E-state index < -0.39 is 12.8 Å². The minimum Gasteiger partial charge on any atom is -0.481 e. The van der Waals surface area contributed by atoms with Crippen LogP contribution in [0.4, 0.5) is 24.9 Å². The number of nitrogens with zero attached hydrogens (tertiary/aromatic N) is 7. The molecule has 0 unspecified atom stereocenters. The maximum Gasteiger partial charge on any atom is 0.422 e. The molecule has 13 heteroatoms. The number of aromatic nitrogens is 4. The van der Waals surface area contributed by atoms with Gasteiger partial charge in [0.25, 0.3) is 0 Å². The normalized spacial score (nSPS) is 21.0. The van der Waals surface area contributed by atoms with Gasteiger partial charge in [-0.25, -0.2) is 4.98 Å². The largest absolute Gasteiger partial charge is 0.481 e. The van der Waals surface area contributed by atoms with Gasteiger partial charge < -0.3 is 19.4 Å². The number of fused-ring (bicyclic) bond motifs is 2. The molecule has 3 aliphatic heterocycles. The Morgan fingerprint density at radius 2 is 1.82 bits per heavy atom. The minimum atomic E-state index is -4.56. The number of nitrogens with one attached hydrogen (secondary N) is 1. The second kappa shape index (κ2) is 11.3. The van der Waals surface area contributed by atoms with E-state index in [1.165, 1.54) is 6.08 Å². The van der Waals surface area contributed by atoms with Crippen LogP contribution >= 0.6 is 0 Å². The maximum absolute atomic E-state index is 14.0. The van der Waals surface area contributed by atoms with Crippen LogP contribution in [0.3, 0.4) is 0 Å². The number of carbonyl (C=O) groups is 1. The molecule has 2 aromatic heterocycles. The number of carbonyl (C=O) groups excluding carboxylic acids is 1. The molecule has 51 heavy (non-hydrogen) atoms. The number of aromatic amines is 1. The molecular formula is C38H39F3N8O2. The Morgan fingerprint density at radius 1 is 1.08 bits per heavy atom. The number of H-pyrrole nitrogens is 1. The van der Waals surface area contributed by atoms with Gasteiger partial charge in [0, 0.05) is 72.4 Å². The van der Waals surface area contributed by atoms with Gasteiger partial charge in [-0.05, 0) is 86.3 Å². The summed E-state index contributed by atoms with van der Waals surface area (Å²) in [6, 6.07) is 8.38. The smallest absolute Gasteiger partial charge is 0.422 e. The number of ether oxygens (including phenoxy) is 1. The lowest BCUT2D eigenvalue weighted by Crippen LogP contribution is -2.62. The van der Waals surface area contributed by atoms with Gasteiger partial charge in [-0.2, -0.15) is 28.5 Å². The van der Waals surface area contributed by atoms with Crippen molar-refractivity contribution in [3.05, 3.63) is 48.2 Å². The molecule has 264 valence electrons. The van der Waals surface area contributed by atoms with Gasteiger partial charge in [-0.3, -0.25) is 9.89 Å². The fraction of sp³-hybridized carbons (Fsp3) is 0.500. The molecule has 1 amide bonds. The first kappa shape index (κ1) is 32.1. The number of piperidine rings is 1. The number of nitriles is 1. The summed E-state index contributed by atoms with van der Waals surface area (Å²) >= 11 is 0. The van der Waals surface area contributed by atoms with E-state index in [1.807, 2.05) is 24.0 Å². The molecule has 3 saturated heterocycles. The Morgan fingerprint density at radius 3 is 2.49 bits per heavy atom. The first-order chi connectivity index (χ1) is 24.5. The van der Waals surface area contributed by atoms with Crippen molar-refractivity contribution in [1.29, 1.82) is 5.26 Å². The zero-order valence-corrected chi connectivity index (χ0v) is 28.5. The van der Waals surface area contributed by atoms with Crippen LogP contribution in [0.25, 0.3) is 32.9 Å². The summed E-state index contributed by atoms with van der Waals surface area (Å²) in [5.74, 6) is 1.48. The summed E-state index contributed by atoms with van der Waals surface area (Å²) in [4.78, 5) is 28.6. The second-order valence-electron chi connectivity index (χ2n) is 15.7. The van der Waals surface area contributed by atoms with Crippen LogP contribution in [0, 0.1) is 35.0 Å². The summed E-state index contributed by atoms with van der Waals surface area (Å²) in [5.41, 5.74) is 4.55. The van der Waals surface area contributed by atoms with Gasteiger partial charge in [-0.1, -0.05) is 12.6 Å². The van der Waals surface area contributed by atoms with Crippen molar-refractivity contribution in [2.45, 2.75) is 57.5 Å². The lowest BCUT2D eigenvalue weighted by Gasteiger charge is -2.57. The third-order valence-corrected chi connectivity index (χ3v) is 12.0. The quantitative estimate of drug-likeness (QED) is 0.214. The Kier molecular flexibility index (Phi) is 7.12. The molecular weight excluding hydrogens is 657 g/mol. The number of benzene rings is 2. The van der Waals surface area contributed by atoms with Crippen LogP contribution in [-0.4, -0.2) is 83.0 Å². The zero-order chi connectivity index (χ0) is 35.3. The van der Waals surface area contributed by atoms with Crippen LogP contribution in [0.15, 0.2) is 37.1 Å². The molecule has 10 nitrogen and oxygen atoms in total. The fourth-order valence-electron chi connectivity index (χ4n) is 9.14. The van der Waals surface area contributed by atoms with Crippen molar-refractivity contribution in [2.75, 3.05) is 55.7 Å². The van der Waals surface area contributed by atoms with Crippen LogP contribution in [-0.2, 0) is 4.79 Å². The summed E-state index contributed by atoms with van der Waals surface area (Å²) in [5, 5.41) is 18.2. The van der Waals surface area contributed by atoms with Gasteiger partial charge in [0.05, 0.1) is 17.8 Å². The van der Waals surface area contributed by atoms with E-state index in [2.05, 4.69) is 38.7 Å². The second-order valence-corrected chi connectivity index (χ2v) is 15.7. The van der Waals surface area contributed by atoms with E-state index in [4.69, 9.17) is 14.7 Å². The van der Waals surface area contributed by atoms with Gasteiger partial charge in [0.1, 0.15) is 11.3 Å². The molecule has 9 rings (SSSR count). The van der Waals surface area contributed by atoms with Crippen LogP contribution in [0.5, 0.6) is 5.75 Å². The summed E-state index contributed by atoms with van der Waals surface area (Å²) in [7, 11) is 0. The first-order valence-corrected chi connectivity index (χ1v) is 17.8. The highest BCUT2D eigenvalue weighted by molar-refractivity contribution is 6.06. The number of halogens is 3. The van der Waals surface area contributed by atoms with E-state index in [0.717, 1.165) is 66.1 Å². The molecule has 5 fully saturated rings. The third-order valence-electron chi connectivity index (χ3n) is 12.0. The molecule has 4 aromatic rings. The number of hydrogen-bond acceptors (Lipinski definition) is 8. The molecule has 5 heterocycles. The van der Waals surface area contributed by atoms with Gasteiger partial charge in [0.15, 0.2) is 12.4 Å². The van der Waals surface area contributed by atoms with Gasteiger partial charge in [0.2, 0.25) is 11.9 Å². The summed E-state index contributed by atoms with van der Waals surface area (Å²) in [6.45, 7) is 8.33. The van der Waals surface area contributed by atoms with Gasteiger partial charge >= 0.3 is 6.18 Å². The van der Waals surface area contributed by atoms with Crippen molar-refractivity contribution in [1.82, 2.24) is 25.1 Å². The van der Waals surface area contributed by atoms with Crippen LogP contribution in [0.2, 0.25) is 0 Å². The molecule has 5 aliphatic rings. The highest BCUT2D eigenvalue weighted by Gasteiger charge is 2.53. The molecule has 2 spiro atoms. The van der Waals surface area contributed by atoms with E-state index in [0.29, 0.717) is 67.5 Å². The van der Waals surface area contributed by atoms with Crippen molar-refractivity contribution in [3.8, 4) is 22.9 Å². The molecule has 0 radical (unpaired) electrons. The molecule has 1 N–H and O–H groups in total. The summed E-state index contributed by atoms with van der Waals surface area (Å²) in [6.07, 6.45) is 3.78. The fourth-order valence-corrected chi connectivity index (χ4v) is 9.14. The lowest BCUT2D eigenvalue weighted by molar-refractivity contribution is -0.153. The van der Waals surface area contributed by atoms with Crippen LogP contribution < -0.4 is 14.5 Å². The zero-order valence-electron chi connectivity index (χ0n) is 28.5. The SMILES string of the molecule is C=CC(=O)N1CC2(CCN(c3nc(N4CC5(CC(C#N)C5)C4)nc4c(OCC(F)(F)F)c(-c5c(C)ccc6[nH]ncc56)c(C5CC5)cc34)CC2)C1. The standard InChI is InChI=1S/C38H39F3N8O2/c1-3-29(50)48-17-36(18-48)8-10-47(11-9-36)34-26-12-25(24-5-6-24)31(30-22(2)4-7-28-27(30)16-43-46-28)33(51-21-38(39,40)41)32(26)44-35(45-34)49-19-37(20-49)13-23(14-37)15-42/h3-4,7,12,16,23-24H,1,5-6,8-11,13-14,17-21H2,2H3,(H,43,46). The molecule has 2 aromatic carbocycles. The lowest BCUT2D eigenvalue weighted by atomic mass is 9.58. The van der Waals surface area contributed by atoms with E-state index in [1.54, 1.807) is 6.20 Å². The third kappa shape index (κ3) is 5.36. The van der Waals surface area contributed by atoms with Crippen molar-refractivity contribution in [3.63, 3.8) is 0 Å². The number of aryl methyl sites for hydroxylation is 1. The van der Waals surface area contributed by atoms with E-state index in [9.17, 15) is 23.2 Å². The average molecular weight is 697 g/mol.